The van der Waals surface area contributed by atoms with Gasteiger partial charge in [0.15, 0.2) is 18.1 Å². The lowest BCUT2D eigenvalue weighted by Gasteiger charge is -2.30. The first kappa shape index (κ1) is 21.1. The topological polar surface area (TPSA) is 86.3 Å². The average molecular weight is 426 g/mol. The fourth-order valence-electron chi connectivity index (χ4n) is 3.51. The van der Waals surface area contributed by atoms with Crippen LogP contribution in [0.2, 0.25) is 0 Å². The SMILES string of the molecule is CC1Oc2ccccc2OC1C(=O)OCC(=O)Nc1ccc(CN2CCOCC2)cc1. The fraction of sp³-hybridized carbons (Fsp3) is 0.391. The maximum atomic E-state index is 12.4. The van der Waals surface area contributed by atoms with Crippen molar-refractivity contribution in [3.05, 3.63) is 54.1 Å². The third kappa shape index (κ3) is 5.53. The number of rotatable bonds is 6. The van der Waals surface area contributed by atoms with Crippen molar-refractivity contribution >= 4 is 17.6 Å². The Morgan fingerprint density at radius 3 is 2.42 bits per heavy atom. The zero-order valence-electron chi connectivity index (χ0n) is 17.4. The lowest BCUT2D eigenvalue weighted by molar-refractivity contribution is -0.159. The van der Waals surface area contributed by atoms with Crippen LogP contribution in [0.15, 0.2) is 48.5 Å². The highest BCUT2D eigenvalue weighted by molar-refractivity contribution is 5.93. The van der Waals surface area contributed by atoms with Crippen LogP contribution in [0.3, 0.4) is 0 Å². The molecule has 2 aliphatic rings. The predicted octanol–water partition coefficient (Wildman–Crippen LogP) is 2.23. The fourth-order valence-corrected chi connectivity index (χ4v) is 3.51. The molecule has 164 valence electrons. The van der Waals surface area contributed by atoms with Crippen LogP contribution in [0.25, 0.3) is 0 Å². The first-order chi connectivity index (χ1) is 15.1. The molecule has 2 unspecified atom stereocenters. The lowest BCUT2D eigenvalue weighted by Crippen LogP contribution is -2.45. The number of benzene rings is 2. The molecule has 8 heteroatoms. The van der Waals surface area contributed by atoms with Crippen molar-refractivity contribution in [3.63, 3.8) is 0 Å². The van der Waals surface area contributed by atoms with Crippen molar-refractivity contribution in [2.24, 2.45) is 0 Å². The summed E-state index contributed by atoms with van der Waals surface area (Å²) < 4.78 is 21.9. The van der Waals surface area contributed by atoms with Crippen molar-refractivity contribution < 1.29 is 28.5 Å². The second kappa shape index (κ2) is 9.80. The first-order valence-electron chi connectivity index (χ1n) is 10.4. The number of esters is 1. The number of morpholine rings is 1. The van der Waals surface area contributed by atoms with Gasteiger partial charge in [-0.1, -0.05) is 24.3 Å². The summed E-state index contributed by atoms with van der Waals surface area (Å²) in [5.41, 5.74) is 1.81. The van der Waals surface area contributed by atoms with Gasteiger partial charge in [0.05, 0.1) is 13.2 Å². The second-order valence-electron chi connectivity index (χ2n) is 7.55. The molecule has 2 aromatic rings. The van der Waals surface area contributed by atoms with E-state index in [9.17, 15) is 9.59 Å². The minimum Gasteiger partial charge on any atom is -0.482 e. The van der Waals surface area contributed by atoms with Crippen LogP contribution in [0.4, 0.5) is 5.69 Å². The Balaban J connectivity index is 1.24. The molecule has 2 atom stereocenters. The van der Waals surface area contributed by atoms with Crippen LogP contribution in [-0.4, -0.2) is 61.9 Å². The third-order valence-electron chi connectivity index (χ3n) is 5.17. The molecule has 2 aliphatic heterocycles. The van der Waals surface area contributed by atoms with Gasteiger partial charge < -0.3 is 24.3 Å². The highest BCUT2D eigenvalue weighted by Gasteiger charge is 2.35. The summed E-state index contributed by atoms with van der Waals surface area (Å²) in [4.78, 5) is 26.9. The minimum atomic E-state index is -0.929. The van der Waals surface area contributed by atoms with Crippen LogP contribution in [0.5, 0.6) is 11.5 Å². The number of hydrogen-bond acceptors (Lipinski definition) is 7. The quantitative estimate of drug-likeness (QED) is 0.709. The number of anilines is 1. The Kier molecular flexibility index (Phi) is 6.69. The van der Waals surface area contributed by atoms with Gasteiger partial charge in [-0.15, -0.1) is 0 Å². The van der Waals surface area contributed by atoms with Crippen LogP contribution < -0.4 is 14.8 Å². The number of carbonyl (C=O) groups is 2. The Bertz CT molecular complexity index is 911. The standard InChI is InChI=1S/C23H26N2O6/c1-16-22(31-20-5-3-2-4-19(20)30-16)23(27)29-15-21(26)24-18-8-6-17(7-9-18)14-25-10-12-28-13-11-25/h2-9,16,22H,10-15H2,1H3,(H,24,26). The maximum Gasteiger partial charge on any atom is 0.351 e. The number of para-hydroxylation sites is 2. The van der Waals surface area contributed by atoms with Crippen molar-refractivity contribution in [2.45, 2.75) is 25.7 Å². The Hall–Kier alpha value is -3.10. The van der Waals surface area contributed by atoms with Crippen molar-refractivity contribution in [1.82, 2.24) is 4.90 Å². The molecule has 2 heterocycles. The second-order valence-corrected chi connectivity index (χ2v) is 7.55. The molecule has 1 fully saturated rings. The molecule has 0 saturated carbocycles. The van der Waals surface area contributed by atoms with Crippen LogP contribution in [0, 0.1) is 0 Å². The van der Waals surface area contributed by atoms with Gasteiger partial charge >= 0.3 is 5.97 Å². The van der Waals surface area contributed by atoms with Crippen LogP contribution in [0.1, 0.15) is 12.5 Å². The minimum absolute atomic E-state index is 0.400. The molecule has 0 aromatic heterocycles. The van der Waals surface area contributed by atoms with E-state index in [4.69, 9.17) is 18.9 Å². The number of carbonyl (C=O) groups excluding carboxylic acids is 2. The number of ether oxygens (including phenoxy) is 4. The summed E-state index contributed by atoms with van der Waals surface area (Å²) in [6.07, 6.45) is -1.45. The predicted molar refractivity (Wildman–Crippen MR) is 113 cm³/mol. The van der Waals surface area contributed by atoms with E-state index in [-0.39, 0.29) is 0 Å². The van der Waals surface area contributed by atoms with Crippen LogP contribution >= 0.6 is 0 Å². The van der Waals surface area contributed by atoms with Gasteiger partial charge in [-0.25, -0.2) is 4.79 Å². The molecule has 0 spiro atoms. The smallest absolute Gasteiger partial charge is 0.351 e. The highest BCUT2D eigenvalue weighted by Crippen LogP contribution is 2.33. The summed E-state index contributed by atoms with van der Waals surface area (Å²) in [6.45, 7) is 5.53. The molecule has 1 saturated heterocycles. The summed E-state index contributed by atoms with van der Waals surface area (Å²) in [6, 6.07) is 14.7. The van der Waals surface area contributed by atoms with Crippen molar-refractivity contribution in [3.8, 4) is 11.5 Å². The summed E-state index contributed by atoms with van der Waals surface area (Å²) >= 11 is 0. The summed E-state index contributed by atoms with van der Waals surface area (Å²) in [7, 11) is 0. The van der Waals surface area contributed by atoms with Gasteiger partial charge in [0.1, 0.15) is 6.10 Å². The molecular weight excluding hydrogens is 400 g/mol. The van der Waals surface area contributed by atoms with E-state index in [1.165, 1.54) is 0 Å². The molecule has 1 amide bonds. The van der Waals surface area contributed by atoms with Gasteiger partial charge in [-0.3, -0.25) is 9.69 Å². The Morgan fingerprint density at radius 2 is 1.71 bits per heavy atom. The van der Waals surface area contributed by atoms with Gasteiger partial charge in [-0.05, 0) is 36.8 Å². The van der Waals surface area contributed by atoms with E-state index in [1.54, 1.807) is 25.1 Å². The zero-order valence-corrected chi connectivity index (χ0v) is 17.4. The number of fused-ring (bicyclic) bond motifs is 1. The largest absolute Gasteiger partial charge is 0.482 e. The molecule has 0 radical (unpaired) electrons. The number of hydrogen-bond donors (Lipinski definition) is 1. The first-order valence-corrected chi connectivity index (χ1v) is 10.4. The molecule has 8 nitrogen and oxygen atoms in total. The van der Waals surface area contributed by atoms with E-state index in [1.807, 2.05) is 30.3 Å². The Labute approximate surface area is 181 Å². The van der Waals surface area contributed by atoms with Crippen LogP contribution in [-0.2, 0) is 25.6 Å². The van der Waals surface area contributed by atoms with Gasteiger partial charge in [0.25, 0.3) is 5.91 Å². The Morgan fingerprint density at radius 1 is 1.03 bits per heavy atom. The molecule has 0 aliphatic carbocycles. The van der Waals surface area contributed by atoms with Gasteiger partial charge in [0.2, 0.25) is 6.10 Å². The average Bonchev–Trinajstić information content (AvgIpc) is 2.79. The van der Waals surface area contributed by atoms with Crippen molar-refractivity contribution in [1.29, 1.82) is 0 Å². The van der Waals surface area contributed by atoms with E-state index in [0.29, 0.717) is 17.2 Å². The van der Waals surface area contributed by atoms with E-state index in [0.717, 1.165) is 38.4 Å². The summed E-state index contributed by atoms with van der Waals surface area (Å²) in [5.74, 6) is -0.00453. The van der Waals surface area contributed by atoms with Gasteiger partial charge in [-0.2, -0.15) is 0 Å². The number of nitrogens with zero attached hydrogens (tertiary/aromatic N) is 1. The molecule has 4 rings (SSSR count). The molecular formula is C23H26N2O6. The van der Waals surface area contributed by atoms with Gasteiger partial charge in [0, 0.05) is 25.3 Å². The number of amides is 1. The van der Waals surface area contributed by atoms with E-state index < -0.39 is 30.7 Å². The van der Waals surface area contributed by atoms with E-state index >= 15 is 0 Å². The normalized spacial score (nSPS) is 20.7. The highest BCUT2D eigenvalue weighted by atomic mass is 16.6. The molecule has 0 bridgehead atoms. The monoisotopic (exact) mass is 426 g/mol. The maximum absolute atomic E-state index is 12.4. The lowest BCUT2D eigenvalue weighted by atomic mass is 10.2. The third-order valence-corrected chi connectivity index (χ3v) is 5.17. The van der Waals surface area contributed by atoms with E-state index in [2.05, 4.69) is 10.2 Å². The molecule has 2 aromatic carbocycles. The zero-order chi connectivity index (χ0) is 21.6. The molecule has 31 heavy (non-hydrogen) atoms. The molecule has 1 N–H and O–H groups in total. The summed E-state index contributed by atoms with van der Waals surface area (Å²) in [5, 5.41) is 2.74. The van der Waals surface area contributed by atoms with Crippen molar-refractivity contribution in [2.75, 3.05) is 38.2 Å². The number of nitrogens with one attached hydrogen (secondary N) is 1.